The van der Waals surface area contributed by atoms with Crippen LogP contribution < -0.4 is 10.5 Å². The number of halogens is 1. The van der Waals surface area contributed by atoms with Crippen LogP contribution in [0.3, 0.4) is 0 Å². The quantitative estimate of drug-likeness (QED) is 0.871. The molecule has 0 saturated carbocycles. The highest BCUT2D eigenvalue weighted by Gasteiger charge is 2.10. The molecule has 6 heteroatoms. The summed E-state index contributed by atoms with van der Waals surface area (Å²) in [5.74, 6) is -0.232. The Morgan fingerprint density at radius 1 is 1.73 bits per heavy atom. The molecule has 0 radical (unpaired) electrons. The lowest BCUT2D eigenvalue weighted by Crippen LogP contribution is -2.30. The molecule has 1 amide bonds. The summed E-state index contributed by atoms with van der Waals surface area (Å²) >= 11 is 1.43. The Hall–Kier alpha value is -0.650. The molecule has 0 aliphatic rings. The Kier molecular flexibility index (Phi) is 6.47. The van der Waals surface area contributed by atoms with E-state index >= 15 is 0 Å². The van der Waals surface area contributed by atoms with Crippen LogP contribution in [0.15, 0.2) is 16.6 Å². The van der Waals surface area contributed by atoms with Crippen LogP contribution in [-0.4, -0.2) is 16.5 Å². The van der Waals surface area contributed by atoms with Gasteiger partial charge in [0, 0.05) is 18.6 Å². The highest BCUT2D eigenvalue weighted by atomic mass is 35.5. The summed E-state index contributed by atoms with van der Waals surface area (Å²) in [4.78, 5) is 16.1. The third-order valence-electron chi connectivity index (χ3n) is 1.88. The van der Waals surface area contributed by atoms with E-state index in [0.717, 1.165) is 6.42 Å². The molecular formula is C9H16ClN3OS. The van der Waals surface area contributed by atoms with Crippen LogP contribution >= 0.6 is 23.7 Å². The van der Waals surface area contributed by atoms with Gasteiger partial charge in [0.15, 0.2) is 4.80 Å². The van der Waals surface area contributed by atoms with E-state index in [1.54, 1.807) is 4.57 Å². The smallest absolute Gasteiger partial charge is 0.265 e. The van der Waals surface area contributed by atoms with Crippen molar-refractivity contribution in [3.63, 3.8) is 0 Å². The fraction of sp³-hybridized carbons (Fsp3) is 0.556. The molecule has 0 fully saturated rings. The normalized spacial score (nSPS) is 13.4. The van der Waals surface area contributed by atoms with Crippen LogP contribution in [-0.2, 0) is 11.8 Å². The molecule has 0 aliphatic carbocycles. The second kappa shape index (κ2) is 6.76. The van der Waals surface area contributed by atoms with E-state index in [2.05, 4.69) is 4.99 Å². The first-order chi connectivity index (χ1) is 6.65. The van der Waals surface area contributed by atoms with Gasteiger partial charge in [-0.05, 0) is 6.42 Å². The maximum absolute atomic E-state index is 11.5. The number of hydrogen-bond acceptors (Lipinski definition) is 3. The lowest BCUT2D eigenvalue weighted by atomic mass is 10.2. The average molecular weight is 250 g/mol. The minimum atomic E-state index is -0.456. The summed E-state index contributed by atoms with van der Waals surface area (Å²) in [7, 11) is 1.86. The maximum Gasteiger partial charge on any atom is 0.265 e. The molecule has 0 aliphatic heterocycles. The summed E-state index contributed by atoms with van der Waals surface area (Å²) in [5, 5.41) is 1.89. The van der Waals surface area contributed by atoms with E-state index in [9.17, 15) is 4.79 Å². The molecule has 2 N–H and O–H groups in total. The Bertz CT molecular complexity index is 371. The molecular weight excluding hydrogens is 234 g/mol. The molecule has 1 unspecified atom stereocenters. The van der Waals surface area contributed by atoms with Gasteiger partial charge in [-0.25, -0.2) is 0 Å². The van der Waals surface area contributed by atoms with Gasteiger partial charge in [0.1, 0.15) is 0 Å². The van der Waals surface area contributed by atoms with Crippen LogP contribution in [0.25, 0.3) is 0 Å². The number of nitrogens with two attached hydrogens (primary N) is 1. The third kappa shape index (κ3) is 4.15. The molecule has 1 aromatic rings. The SMILES string of the molecule is CCCC(N)C(=O)N=c1sccn1C.Cl. The average Bonchev–Trinajstić information content (AvgIpc) is 2.52. The van der Waals surface area contributed by atoms with Gasteiger partial charge in [-0.15, -0.1) is 23.7 Å². The highest BCUT2D eigenvalue weighted by molar-refractivity contribution is 7.07. The van der Waals surface area contributed by atoms with E-state index in [0.29, 0.717) is 11.2 Å². The number of carbonyl (C=O) groups excluding carboxylic acids is 1. The third-order valence-corrected chi connectivity index (χ3v) is 2.73. The Balaban J connectivity index is 0.00000196. The molecule has 1 heterocycles. The maximum atomic E-state index is 11.5. The Labute approximate surface area is 99.2 Å². The zero-order chi connectivity index (χ0) is 10.6. The first-order valence-electron chi connectivity index (χ1n) is 4.59. The van der Waals surface area contributed by atoms with Gasteiger partial charge in [-0.2, -0.15) is 4.99 Å². The van der Waals surface area contributed by atoms with E-state index in [4.69, 9.17) is 5.73 Å². The topological polar surface area (TPSA) is 60.4 Å². The zero-order valence-electron chi connectivity index (χ0n) is 8.84. The molecule has 86 valence electrons. The second-order valence-electron chi connectivity index (χ2n) is 3.14. The number of carbonyl (C=O) groups is 1. The minimum Gasteiger partial charge on any atom is -0.327 e. The van der Waals surface area contributed by atoms with Crippen molar-refractivity contribution in [1.29, 1.82) is 0 Å². The van der Waals surface area contributed by atoms with Crippen LogP contribution in [0.2, 0.25) is 0 Å². The van der Waals surface area contributed by atoms with Gasteiger partial charge in [0.25, 0.3) is 5.91 Å². The first-order valence-corrected chi connectivity index (χ1v) is 5.47. The molecule has 4 nitrogen and oxygen atoms in total. The van der Waals surface area contributed by atoms with Crippen molar-refractivity contribution in [3.8, 4) is 0 Å². The summed E-state index contributed by atoms with van der Waals surface area (Å²) in [6.45, 7) is 2.00. The summed E-state index contributed by atoms with van der Waals surface area (Å²) in [6.07, 6.45) is 3.46. The number of aromatic nitrogens is 1. The van der Waals surface area contributed by atoms with Gasteiger partial charge in [-0.1, -0.05) is 13.3 Å². The van der Waals surface area contributed by atoms with E-state index in [-0.39, 0.29) is 18.3 Å². The van der Waals surface area contributed by atoms with Crippen molar-refractivity contribution in [2.75, 3.05) is 0 Å². The van der Waals surface area contributed by atoms with Gasteiger partial charge < -0.3 is 10.3 Å². The van der Waals surface area contributed by atoms with Crippen molar-refractivity contribution in [1.82, 2.24) is 4.57 Å². The summed E-state index contributed by atoms with van der Waals surface area (Å²) in [6, 6.07) is -0.456. The minimum absolute atomic E-state index is 0. The number of thiazole rings is 1. The summed E-state index contributed by atoms with van der Waals surface area (Å²) < 4.78 is 1.81. The second-order valence-corrected chi connectivity index (χ2v) is 4.01. The van der Waals surface area contributed by atoms with Crippen LogP contribution in [0.1, 0.15) is 19.8 Å². The molecule has 1 atom stereocenters. The molecule has 15 heavy (non-hydrogen) atoms. The summed E-state index contributed by atoms with van der Waals surface area (Å²) in [5.41, 5.74) is 5.65. The number of rotatable bonds is 3. The van der Waals surface area contributed by atoms with E-state index in [1.807, 2.05) is 25.5 Å². The molecule has 0 saturated heterocycles. The lowest BCUT2D eigenvalue weighted by molar-refractivity contribution is -0.119. The first kappa shape index (κ1) is 14.3. The standard InChI is InChI=1S/C9H15N3OS.ClH/c1-3-4-7(10)8(13)11-9-12(2)5-6-14-9;/h5-7H,3-4,10H2,1-2H3;1H. The van der Waals surface area contributed by atoms with Crippen LogP contribution in [0.4, 0.5) is 0 Å². The highest BCUT2D eigenvalue weighted by Crippen LogP contribution is 1.95. The largest absolute Gasteiger partial charge is 0.327 e. The zero-order valence-corrected chi connectivity index (χ0v) is 10.5. The van der Waals surface area contributed by atoms with Crippen molar-refractivity contribution in [2.45, 2.75) is 25.8 Å². The van der Waals surface area contributed by atoms with Crippen molar-refractivity contribution in [3.05, 3.63) is 16.4 Å². The number of amides is 1. The fourth-order valence-electron chi connectivity index (χ4n) is 1.05. The number of hydrogen-bond donors (Lipinski definition) is 1. The molecule has 0 aromatic carbocycles. The van der Waals surface area contributed by atoms with E-state index < -0.39 is 6.04 Å². The molecule has 1 rings (SSSR count). The Morgan fingerprint density at radius 3 is 2.87 bits per heavy atom. The molecule has 0 bridgehead atoms. The molecule has 0 spiro atoms. The van der Waals surface area contributed by atoms with Crippen molar-refractivity contribution < 1.29 is 4.79 Å². The van der Waals surface area contributed by atoms with Crippen LogP contribution in [0.5, 0.6) is 0 Å². The Morgan fingerprint density at radius 2 is 2.40 bits per heavy atom. The number of aryl methyl sites for hydroxylation is 1. The van der Waals surface area contributed by atoms with Crippen molar-refractivity contribution >= 4 is 29.7 Å². The van der Waals surface area contributed by atoms with Gasteiger partial charge in [0.05, 0.1) is 6.04 Å². The fourth-order valence-corrected chi connectivity index (χ4v) is 1.78. The molecule has 1 aromatic heterocycles. The number of nitrogens with zero attached hydrogens (tertiary/aromatic N) is 2. The van der Waals surface area contributed by atoms with Gasteiger partial charge in [0.2, 0.25) is 0 Å². The van der Waals surface area contributed by atoms with E-state index in [1.165, 1.54) is 11.3 Å². The van der Waals surface area contributed by atoms with Crippen molar-refractivity contribution in [2.24, 2.45) is 17.8 Å². The van der Waals surface area contributed by atoms with Gasteiger partial charge in [-0.3, -0.25) is 4.79 Å². The lowest BCUT2D eigenvalue weighted by Gasteiger charge is -2.03. The predicted octanol–water partition coefficient (Wildman–Crippen LogP) is 1.06. The monoisotopic (exact) mass is 249 g/mol. The van der Waals surface area contributed by atoms with Gasteiger partial charge >= 0.3 is 0 Å². The predicted molar refractivity (Wildman–Crippen MR) is 64.0 cm³/mol. The van der Waals surface area contributed by atoms with Crippen LogP contribution in [0, 0.1) is 0 Å².